The van der Waals surface area contributed by atoms with Crippen LogP contribution in [-0.4, -0.2) is 5.97 Å². The van der Waals surface area contributed by atoms with E-state index in [2.05, 4.69) is 6.58 Å². The number of hydrogen-bond donors (Lipinski definition) is 0. The van der Waals surface area contributed by atoms with Crippen LogP contribution in [0.3, 0.4) is 0 Å². The van der Waals surface area contributed by atoms with Gasteiger partial charge < -0.3 is 4.74 Å². The molecule has 20 heavy (non-hydrogen) atoms. The Morgan fingerprint density at radius 3 is 2.15 bits per heavy atom. The number of carbonyl (C=O) groups is 1. The zero-order valence-electron chi connectivity index (χ0n) is 11.6. The summed E-state index contributed by atoms with van der Waals surface area (Å²) >= 11 is 0. The Labute approximate surface area is 119 Å². The molecule has 1 atom stereocenters. The Hall–Kier alpha value is -2.35. The maximum Gasteiger partial charge on any atom is 0.333 e. The highest BCUT2D eigenvalue weighted by Gasteiger charge is 2.17. The van der Waals surface area contributed by atoms with Crippen LogP contribution < -0.4 is 0 Å². The van der Waals surface area contributed by atoms with E-state index in [1.54, 1.807) is 6.92 Å². The first kappa shape index (κ1) is 14.1. The van der Waals surface area contributed by atoms with Crippen LogP contribution in [0.5, 0.6) is 0 Å². The predicted octanol–water partition coefficient (Wildman–Crippen LogP) is 4.09. The molecule has 2 heteroatoms. The van der Waals surface area contributed by atoms with Gasteiger partial charge in [-0.05, 0) is 18.1 Å². The fraction of sp³-hybridized carbons (Fsp3) is 0.167. The Bertz CT molecular complexity index is 573. The van der Waals surface area contributed by atoms with E-state index in [1.165, 1.54) is 0 Å². The van der Waals surface area contributed by atoms with E-state index in [0.717, 1.165) is 11.1 Å². The first-order valence-corrected chi connectivity index (χ1v) is 6.62. The molecule has 0 amide bonds. The summed E-state index contributed by atoms with van der Waals surface area (Å²) in [6, 6.07) is 19.8. The lowest BCUT2D eigenvalue weighted by molar-refractivity contribution is -0.144. The molecule has 0 radical (unpaired) electrons. The summed E-state index contributed by atoms with van der Waals surface area (Å²) in [4.78, 5) is 11.8. The van der Waals surface area contributed by atoms with Crippen molar-refractivity contribution in [2.45, 2.75) is 19.4 Å². The minimum atomic E-state index is -0.352. The van der Waals surface area contributed by atoms with Crippen LogP contribution in [-0.2, 0) is 16.0 Å². The molecular formula is C18H18O2. The van der Waals surface area contributed by atoms with Crippen molar-refractivity contribution < 1.29 is 9.53 Å². The molecule has 0 aliphatic rings. The van der Waals surface area contributed by atoms with Gasteiger partial charge in [0.15, 0.2) is 0 Å². The summed E-state index contributed by atoms with van der Waals surface area (Å²) in [6.45, 7) is 5.29. The van der Waals surface area contributed by atoms with Crippen molar-refractivity contribution in [1.29, 1.82) is 0 Å². The molecule has 102 valence electrons. The molecular weight excluding hydrogens is 248 g/mol. The highest BCUT2D eigenvalue weighted by atomic mass is 16.5. The highest BCUT2D eigenvalue weighted by molar-refractivity contribution is 5.87. The zero-order valence-corrected chi connectivity index (χ0v) is 11.6. The molecule has 0 saturated carbocycles. The molecule has 0 bridgehead atoms. The van der Waals surface area contributed by atoms with Crippen LogP contribution in [0.25, 0.3) is 0 Å². The van der Waals surface area contributed by atoms with Gasteiger partial charge >= 0.3 is 5.97 Å². The van der Waals surface area contributed by atoms with E-state index in [9.17, 15) is 4.79 Å². The van der Waals surface area contributed by atoms with Crippen molar-refractivity contribution in [1.82, 2.24) is 0 Å². The third kappa shape index (κ3) is 3.82. The smallest absolute Gasteiger partial charge is 0.333 e. The molecule has 2 rings (SSSR count). The van der Waals surface area contributed by atoms with Crippen LogP contribution >= 0.6 is 0 Å². The van der Waals surface area contributed by atoms with Crippen molar-refractivity contribution in [3.8, 4) is 0 Å². The lowest BCUT2D eigenvalue weighted by Crippen LogP contribution is -2.14. The van der Waals surface area contributed by atoms with Gasteiger partial charge in [0.05, 0.1) is 0 Å². The number of ether oxygens (including phenoxy) is 1. The summed E-state index contributed by atoms with van der Waals surface area (Å²) in [5.41, 5.74) is 2.54. The predicted molar refractivity (Wildman–Crippen MR) is 80.2 cm³/mol. The molecule has 1 unspecified atom stereocenters. The van der Waals surface area contributed by atoms with E-state index in [-0.39, 0.29) is 12.1 Å². The van der Waals surface area contributed by atoms with Crippen molar-refractivity contribution in [2.24, 2.45) is 0 Å². The lowest BCUT2D eigenvalue weighted by Gasteiger charge is -2.18. The van der Waals surface area contributed by atoms with Gasteiger partial charge in [-0.1, -0.05) is 67.2 Å². The zero-order chi connectivity index (χ0) is 14.4. The first-order chi connectivity index (χ1) is 9.66. The van der Waals surface area contributed by atoms with Crippen molar-refractivity contribution >= 4 is 5.97 Å². The van der Waals surface area contributed by atoms with Crippen molar-refractivity contribution in [3.05, 3.63) is 83.9 Å². The number of rotatable bonds is 5. The third-order valence-electron chi connectivity index (χ3n) is 3.03. The minimum Gasteiger partial charge on any atom is -0.454 e. The topological polar surface area (TPSA) is 26.3 Å². The van der Waals surface area contributed by atoms with Crippen LogP contribution in [0.2, 0.25) is 0 Å². The molecule has 0 aliphatic heterocycles. The average molecular weight is 266 g/mol. The molecule has 2 aromatic carbocycles. The van der Waals surface area contributed by atoms with Crippen LogP contribution in [0.15, 0.2) is 72.8 Å². The second kappa shape index (κ2) is 6.71. The molecule has 0 heterocycles. The maximum atomic E-state index is 11.8. The molecule has 0 saturated heterocycles. The second-order valence-corrected chi connectivity index (χ2v) is 4.77. The second-order valence-electron chi connectivity index (χ2n) is 4.77. The quantitative estimate of drug-likeness (QED) is 0.602. The van der Waals surface area contributed by atoms with Crippen LogP contribution in [0, 0.1) is 0 Å². The van der Waals surface area contributed by atoms with Crippen LogP contribution in [0.1, 0.15) is 24.2 Å². The molecule has 0 N–H and O–H groups in total. The Morgan fingerprint density at radius 2 is 1.60 bits per heavy atom. The standard InChI is InChI=1S/C18H18O2/c1-14(2)18(19)20-17(16-11-7-4-8-12-16)13-15-9-5-3-6-10-15/h3-12,17H,1,13H2,2H3. The first-order valence-electron chi connectivity index (χ1n) is 6.62. The number of hydrogen-bond acceptors (Lipinski definition) is 2. The van der Waals surface area contributed by atoms with E-state index in [0.29, 0.717) is 12.0 Å². The summed E-state index contributed by atoms with van der Waals surface area (Å²) in [6.07, 6.45) is 0.368. The Balaban J connectivity index is 2.20. The lowest BCUT2D eigenvalue weighted by atomic mass is 10.0. The molecule has 2 nitrogen and oxygen atoms in total. The van der Waals surface area contributed by atoms with Crippen LogP contribution in [0.4, 0.5) is 0 Å². The average Bonchev–Trinajstić information content (AvgIpc) is 2.48. The monoisotopic (exact) mass is 266 g/mol. The van der Waals surface area contributed by atoms with Gasteiger partial charge in [0.25, 0.3) is 0 Å². The number of esters is 1. The Morgan fingerprint density at radius 1 is 1.05 bits per heavy atom. The van der Waals surface area contributed by atoms with E-state index in [1.807, 2.05) is 60.7 Å². The third-order valence-corrected chi connectivity index (χ3v) is 3.03. The summed E-state index contributed by atoms with van der Waals surface area (Å²) in [5, 5.41) is 0. The van der Waals surface area contributed by atoms with Gasteiger partial charge in [0.1, 0.15) is 6.10 Å². The highest BCUT2D eigenvalue weighted by Crippen LogP contribution is 2.23. The molecule has 2 aromatic rings. The van der Waals surface area contributed by atoms with E-state index < -0.39 is 0 Å². The van der Waals surface area contributed by atoms with E-state index in [4.69, 9.17) is 4.74 Å². The SMILES string of the molecule is C=C(C)C(=O)OC(Cc1ccccc1)c1ccccc1. The summed E-state index contributed by atoms with van der Waals surface area (Å²) in [5.74, 6) is -0.352. The number of benzene rings is 2. The molecule has 0 fully saturated rings. The maximum absolute atomic E-state index is 11.8. The summed E-state index contributed by atoms with van der Waals surface area (Å²) < 4.78 is 5.56. The van der Waals surface area contributed by atoms with Crippen molar-refractivity contribution in [2.75, 3.05) is 0 Å². The van der Waals surface area contributed by atoms with E-state index >= 15 is 0 Å². The number of carbonyl (C=O) groups excluding carboxylic acids is 1. The van der Waals surface area contributed by atoms with Gasteiger partial charge in [-0.2, -0.15) is 0 Å². The molecule has 0 spiro atoms. The minimum absolute atomic E-state index is 0.289. The fourth-order valence-corrected chi connectivity index (χ4v) is 1.95. The largest absolute Gasteiger partial charge is 0.454 e. The van der Waals surface area contributed by atoms with Gasteiger partial charge in [-0.3, -0.25) is 0 Å². The van der Waals surface area contributed by atoms with Gasteiger partial charge in [0.2, 0.25) is 0 Å². The fourth-order valence-electron chi connectivity index (χ4n) is 1.95. The van der Waals surface area contributed by atoms with Crippen molar-refractivity contribution in [3.63, 3.8) is 0 Å². The Kier molecular flexibility index (Phi) is 4.72. The van der Waals surface area contributed by atoms with Gasteiger partial charge in [-0.25, -0.2) is 4.79 Å². The molecule has 0 aromatic heterocycles. The normalized spacial score (nSPS) is 11.7. The van der Waals surface area contributed by atoms with Gasteiger partial charge in [-0.15, -0.1) is 0 Å². The van der Waals surface area contributed by atoms with Gasteiger partial charge in [0, 0.05) is 12.0 Å². The summed E-state index contributed by atoms with van der Waals surface area (Å²) in [7, 11) is 0. The molecule has 0 aliphatic carbocycles.